The van der Waals surface area contributed by atoms with Gasteiger partial charge in [0.2, 0.25) is 0 Å². The molecular weight excluding hydrogens is 579 g/mol. The van der Waals surface area contributed by atoms with Gasteiger partial charge in [-0.25, -0.2) is 4.98 Å². The van der Waals surface area contributed by atoms with E-state index in [-0.39, 0.29) is 23.6 Å². The van der Waals surface area contributed by atoms with E-state index >= 15 is 0 Å². The molecule has 1 aliphatic heterocycles. The molecule has 236 valence electrons. The number of fused-ring (bicyclic) bond motifs is 1. The van der Waals surface area contributed by atoms with E-state index in [1.807, 2.05) is 44.2 Å². The van der Waals surface area contributed by atoms with Crippen LogP contribution in [0.3, 0.4) is 0 Å². The molecule has 7 nitrogen and oxygen atoms in total. The van der Waals surface area contributed by atoms with Crippen LogP contribution in [-0.2, 0) is 18.3 Å². The van der Waals surface area contributed by atoms with Gasteiger partial charge >= 0.3 is 6.18 Å². The van der Waals surface area contributed by atoms with Crippen LogP contribution < -0.4 is 21.5 Å². The number of benzene rings is 3. The molecule has 5 N–H and O–H groups in total. The van der Waals surface area contributed by atoms with E-state index in [9.17, 15) is 18.0 Å². The number of hydrogen-bond donors (Lipinski definition) is 3. The van der Waals surface area contributed by atoms with Crippen LogP contribution in [0, 0.1) is 0 Å². The summed E-state index contributed by atoms with van der Waals surface area (Å²) in [5.74, 6) is 0.0738. The minimum atomic E-state index is -4.54. The molecule has 3 aromatic carbocycles. The Labute approximate surface area is 260 Å². The number of amides is 1. The van der Waals surface area contributed by atoms with Gasteiger partial charge in [-0.1, -0.05) is 42.5 Å². The minimum absolute atomic E-state index is 0.0847. The van der Waals surface area contributed by atoms with Crippen molar-refractivity contribution in [3.63, 3.8) is 0 Å². The van der Waals surface area contributed by atoms with E-state index in [4.69, 9.17) is 21.2 Å². The lowest BCUT2D eigenvalue weighted by atomic mass is 9.93. The second kappa shape index (κ2) is 12.0. The summed E-state index contributed by atoms with van der Waals surface area (Å²) < 4.78 is 47.6. The highest BCUT2D eigenvalue weighted by Gasteiger charge is 2.46. The SMILES string of the molecule is CC(C)Oc1cc2nc(-c3cccc(C(F)(F)F)c3)c(CN3CCC(N)CC3)c(C(=O)NC3(c4ccccc4)CC3)c2cc1N. The molecule has 0 spiro atoms. The lowest BCUT2D eigenvalue weighted by Gasteiger charge is -2.31. The monoisotopic (exact) mass is 617 g/mol. The summed E-state index contributed by atoms with van der Waals surface area (Å²) in [6.07, 6.45) is -1.61. The van der Waals surface area contributed by atoms with Crippen molar-refractivity contribution in [1.29, 1.82) is 0 Å². The van der Waals surface area contributed by atoms with Gasteiger partial charge in [-0.15, -0.1) is 0 Å². The third-order valence-corrected chi connectivity index (χ3v) is 8.71. The number of ether oxygens (including phenoxy) is 1. The molecule has 2 aliphatic rings. The van der Waals surface area contributed by atoms with Gasteiger partial charge in [0.15, 0.2) is 0 Å². The largest absolute Gasteiger partial charge is 0.489 e. The second-order valence-corrected chi connectivity index (χ2v) is 12.5. The molecule has 2 heterocycles. The van der Waals surface area contributed by atoms with Crippen molar-refractivity contribution in [2.75, 3.05) is 18.8 Å². The third-order valence-electron chi connectivity index (χ3n) is 8.71. The lowest BCUT2D eigenvalue weighted by molar-refractivity contribution is -0.137. The zero-order valence-corrected chi connectivity index (χ0v) is 25.5. The number of piperidine rings is 1. The molecule has 0 atom stereocenters. The highest BCUT2D eigenvalue weighted by molar-refractivity contribution is 6.10. The van der Waals surface area contributed by atoms with Gasteiger partial charge in [-0.2, -0.15) is 13.2 Å². The topological polar surface area (TPSA) is 106 Å². The number of halogens is 3. The Balaban J connectivity index is 1.57. The quantitative estimate of drug-likeness (QED) is 0.192. The zero-order valence-electron chi connectivity index (χ0n) is 25.5. The number of likely N-dealkylation sites (tertiary alicyclic amines) is 1. The van der Waals surface area contributed by atoms with Crippen LogP contribution in [0.1, 0.15) is 66.6 Å². The van der Waals surface area contributed by atoms with E-state index in [1.54, 1.807) is 18.2 Å². The predicted octanol–water partition coefficient (Wildman–Crippen LogP) is 6.63. The highest BCUT2D eigenvalue weighted by atomic mass is 19.4. The molecule has 0 radical (unpaired) electrons. The smallest absolute Gasteiger partial charge is 0.416 e. The molecule has 1 amide bonds. The summed E-state index contributed by atoms with van der Waals surface area (Å²) in [5, 5.41) is 3.82. The predicted molar refractivity (Wildman–Crippen MR) is 170 cm³/mol. The van der Waals surface area contributed by atoms with Crippen molar-refractivity contribution in [3.8, 4) is 17.0 Å². The van der Waals surface area contributed by atoms with Crippen LogP contribution in [0.5, 0.6) is 5.75 Å². The molecule has 1 saturated heterocycles. The maximum atomic E-state index is 14.6. The summed E-state index contributed by atoms with van der Waals surface area (Å²) in [6.45, 7) is 5.44. The normalized spacial score (nSPS) is 17.0. The fourth-order valence-electron chi connectivity index (χ4n) is 6.18. The summed E-state index contributed by atoms with van der Waals surface area (Å²) in [4.78, 5) is 21.7. The Morgan fingerprint density at radius 1 is 1.07 bits per heavy atom. The van der Waals surface area contributed by atoms with Crippen molar-refractivity contribution in [2.24, 2.45) is 5.73 Å². The average molecular weight is 618 g/mol. The molecule has 2 fully saturated rings. The van der Waals surface area contributed by atoms with Crippen molar-refractivity contribution in [2.45, 2.75) is 69.9 Å². The van der Waals surface area contributed by atoms with Gasteiger partial charge in [-0.3, -0.25) is 9.69 Å². The molecule has 10 heteroatoms. The molecule has 0 bridgehead atoms. The first-order valence-corrected chi connectivity index (χ1v) is 15.4. The number of rotatable bonds is 8. The number of pyridine rings is 1. The summed E-state index contributed by atoms with van der Waals surface area (Å²) in [5.41, 5.74) is 14.6. The number of anilines is 1. The van der Waals surface area contributed by atoms with E-state index in [0.717, 1.165) is 43.4 Å². The fraction of sp³-hybridized carbons (Fsp3) is 0.371. The summed E-state index contributed by atoms with van der Waals surface area (Å²) in [6, 6.07) is 18.4. The second-order valence-electron chi connectivity index (χ2n) is 12.5. The zero-order chi connectivity index (χ0) is 31.9. The number of nitrogen functional groups attached to an aromatic ring is 1. The Morgan fingerprint density at radius 3 is 2.42 bits per heavy atom. The standard InChI is InChI=1S/C35H38F3N5O2/c1-21(2)45-30-19-29-26(18-28(30)40)31(33(44)42-34(13-14-34)23-8-4-3-5-9-23)27(20-43-15-11-25(39)12-16-43)32(41-29)22-7-6-10-24(17-22)35(36,37)38/h3-10,17-19,21,25H,11-16,20,39-40H2,1-2H3,(H,42,44). The number of carbonyl (C=O) groups excluding carboxylic acids is 1. The van der Waals surface area contributed by atoms with Gasteiger partial charge in [0.25, 0.3) is 5.91 Å². The summed E-state index contributed by atoms with van der Waals surface area (Å²) >= 11 is 0. The lowest BCUT2D eigenvalue weighted by Crippen LogP contribution is -2.40. The first-order valence-electron chi connectivity index (χ1n) is 15.4. The molecular formula is C35H38F3N5O2. The number of alkyl halides is 3. The average Bonchev–Trinajstić information content (AvgIpc) is 3.79. The number of nitrogens with two attached hydrogens (primary N) is 2. The van der Waals surface area contributed by atoms with Crippen LogP contribution in [0.2, 0.25) is 0 Å². The van der Waals surface area contributed by atoms with Gasteiger partial charge in [0.1, 0.15) is 5.75 Å². The molecule has 0 unspecified atom stereocenters. The molecule has 4 aromatic rings. The Kier molecular flexibility index (Phi) is 8.22. The van der Waals surface area contributed by atoms with E-state index in [1.165, 1.54) is 6.07 Å². The number of aromatic nitrogens is 1. The first kappa shape index (κ1) is 30.9. The maximum absolute atomic E-state index is 14.6. The van der Waals surface area contributed by atoms with Gasteiger partial charge < -0.3 is 21.5 Å². The van der Waals surface area contributed by atoms with Gasteiger partial charge in [0, 0.05) is 35.2 Å². The number of hydrogen-bond acceptors (Lipinski definition) is 6. The first-order chi connectivity index (χ1) is 21.4. The van der Waals surface area contributed by atoms with Gasteiger partial charge in [-0.05, 0) is 76.4 Å². The fourth-order valence-corrected chi connectivity index (χ4v) is 6.18. The van der Waals surface area contributed by atoms with E-state index < -0.39 is 17.3 Å². The van der Waals surface area contributed by atoms with Crippen LogP contribution in [0.25, 0.3) is 22.2 Å². The third kappa shape index (κ3) is 6.48. The molecule has 45 heavy (non-hydrogen) atoms. The molecule has 1 aromatic heterocycles. The minimum Gasteiger partial charge on any atom is -0.489 e. The Bertz CT molecular complexity index is 1710. The number of nitrogens with one attached hydrogen (secondary N) is 1. The Hall–Kier alpha value is -4.15. The van der Waals surface area contributed by atoms with Crippen LogP contribution in [-0.4, -0.2) is 41.0 Å². The molecule has 6 rings (SSSR count). The van der Waals surface area contributed by atoms with Crippen molar-refractivity contribution in [3.05, 3.63) is 89.0 Å². The number of nitrogens with zero attached hydrogens (tertiary/aromatic N) is 2. The van der Waals surface area contributed by atoms with Crippen LogP contribution in [0.4, 0.5) is 18.9 Å². The van der Waals surface area contributed by atoms with Crippen molar-refractivity contribution < 1.29 is 22.7 Å². The van der Waals surface area contributed by atoms with E-state index in [2.05, 4.69) is 10.2 Å². The van der Waals surface area contributed by atoms with Crippen LogP contribution in [0.15, 0.2) is 66.7 Å². The Morgan fingerprint density at radius 2 is 1.78 bits per heavy atom. The summed E-state index contributed by atoms with van der Waals surface area (Å²) in [7, 11) is 0. The number of carbonyl (C=O) groups is 1. The molecule has 1 aliphatic carbocycles. The molecule has 1 saturated carbocycles. The van der Waals surface area contributed by atoms with Crippen LogP contribution >= 0.6 is 0 Å². The van der Waals surface area contributed by atoms with Crippen molar-refractivity contribution in [1.82, 2.24) is 15.2 Å². The maximum Gasteiger partial charge on any atom is 0.416 e. The highest BCUT2D eigenvalue weighted by Crippen LogP contribution is 2.46. The van der Waals surface area contributed by atoms with Crippen molar-refractivity contribution >= 4 is 22.5 Å². The van der Waals surface area contributed by atoms with Gasteiger partial charge in [0.05, 0.1) is 39.7 Å². The van der Waals surface area contributed by atoms with E-state index in [0.29, 0.717) is 58.8 Å².